The van der Waals surface area contributed by atoms with Crippen molar-refractivity contribution in [3.63, 3.8) is 0 Å². The first-order valence-electron chi connectivity index (χ1n) is 12.4. The molecule has 10 nitrogen and oxygen atoms in total. The largest absolute Gasteiger partial charge is 0.497 e. The van der Waals surface area contributed by atoms with E-state index in [2.05, 4.69) is 10.5 Å². The van der Waals surface area contributed by atoms with Gasteiger partial charge in [0.15, 0.2) is 6.61 Å². The van der Waals surface area contributed by atoms with Gasteiger partial charge >= 0.3 is 5.97 Å². The zero-order valence-corrected chi connectivity index (χ0v) is 23.9. The first kappa shape index (κ1) is 30.2. The fraction of sp³-hybridized carbons (Fsp3) is 0.276. The van der Waals surface area contributed by atoms with E-state index in [1.807, 2.05) is 6.92 Å². The first-order valence-corrected chi connectivity index (χ1v) is 13.8. The Morgan fingerprint density at radius 2 is 1.52 bits per heavy atom. The number of amides is 1. The van der Waals surface area contributed by atoms with Crippen LogP contribution < -0.4 is 19.2 Å². The lowest BCUT2D eigenvalue weighted by Gasteiger charge is -2.24. The zero-order chi connectivity index (χ0) is 29.3. The minimum Gasteiger partial charge on any atom is -0.497 e. The van der Waals surface area contributed by atoms with Gasteiger partial charge in [0.1, 0.15) is 23.6 Å². The van der Waals surface area contributed by atoms with Crippen LogP contribution in [-0.4, -0.2) is 52.4 Å². The number of esters is 1. The van der Waals surface area contributed by atoms with Crippen molar-refractivity contribution in [3.8, 4) is 11.5 Å². The van der Waals surface area contributed by atoms with Crippen LogP contribution in [0.1, 0.15) is 31.9 Å². The van der Waals surface area contributed by atoms with Crippen LogP contribution >= 0.6 is 0 Å². The summed E-state index contributed by atoms with van der Waals surface area (Å²) in [6.45, 7) is 6.49. The highest BCUT2D eigenvalue weighted by atomic mass is 32.2. The number of aryl methyl sites for hydroxylation is 1. The number of sulfonamides is 1. The number of nitrogens with one attached hydrogen (secondary N) is 1. The standard InChI is InChI=1S/C29H33N3O7S/c1-21-6-10-23(11-7-21)32(40(35,36)26-16-14-24(37-5)15-17-26)19-27(33)31-30-18-22-8-12-25(13-9-22)38-20-28(34)39-29(2,3)4/h6-18H,19-20H2,1-5H3,(H,31,33)/b30-18+. The molecule has 0 unspecified atom stereocenters. The molecule has 212 valence electrons. The summed E-state index contributed by atoms with van der Waals surface area (Å²) in [5.41, 5.74) is 3.70. The quantitative estimate of drug-likeness (QED) is 0.210. The van der Waals surface area contributed by atoms with Crippen molar-refractivity contribution >= 4 is 33.8 Å². The van der Waals surface area contributed by atoms with Crippen LogP contribution in [0.3, 0.4) is 0 Å². The number of nitrogens with zero attached hydrogens (tertiary/aromatic N) is 2. The Labute approximate surface area is 234 Å². The molecule has 3 aromatic carbocycles. The summed E-state index contributed by atoms with van der Waals surface area (Å²) >= 11 is 0. The topological polar surface area (TPSA) is 124 Å². The zero-order valence-electron chi connectivity index (χ0n) is 23.1. The molecule has 3 aromatic rings. The molecule has 0 aromatic heterocycles. The van der Waals surface area contributed by atoms with Crippen LogP contribution in [0.15, 0.2) is 82.8 Å². The molecular weight excluding hydrogens is 534 g/mol. The molecule has 11 heteroatoms. The number of hydrogen-bond acceptors (Lipinski definition) is 8. The van der Waals surface area contributed by atoms with Gasteiger partial charge in [-0.15, -0.1) is 0 Å². The normalized spacial score (nSPS) is 11.6. The Kier molecular flexibility index (Phi) is 9.89. The van der Waals surface area contributed by atoms with E-state index in [1.54, 1.807) is 81.4 Å². The third kappa shape index (κ3) is 8.84. The van der Waals surface area contributed by atoms with Gasteiger partial charge < -0.3 is 14.2 Å². The number of methoxy groups -OCH3 is 1. The van der Waals surface area contributed by atoms with Gasteiger partial charge in [-0.25, -0.2) is 18.6 Å². The van der Waals surface area contributed by atoms with E-state index < -0.39 is 34.0 Å². The lowest BCUT2D eigenvalue weighted by atomic mass is 10.2. The highest BCUT2D eigenvalue weighted by molar-refractivity contribution is 7.92. The van der Waals surface area contributed by atoms with E-state index in [-0.39, 0.29) is 11.5 Å². The molecule has 0 radical (unpaired) electrons. The van der Waals surface area contributed by atoms with Crippen molar-refractivity contribution in [1.82, 2.24) is 5.43 Å². The molecule has 0 aliphatic heterocycles. The van der Waals surface area contributed by atoms with Gasteiger partial charge in [0.2, 0.25) is 0 Å². The van der Waals surface area contributed by atoms with Crippen LogP contribution in [-0.2, 0) is 24.3 Å². The number of anilines is 1. The average Bonchev–Trinajstić information content (AvgIpc) is 2.91. The van der Waals surface area contributed by atoms with Crippen LogP contribution in [0.25, 0.3) is 0 Å². The van der Waals surface area contributed by atoms with Crippen LogP contribution in [0, 0.1) is 6.92 Å². The predicted octanol–water partition coefficient (Wildman–Crippen LogP) is 4.07. The number of benzene rings is 3. The second-order valence-electron chi connectivity index (χ2n) is 9.76. The summed E-state index contributed by atoms with van der Waals surface area (Å²) < 4.78 is 43.7. The number of rotatable bonds is 11. The van der Waals surface area contributed by atoms with Crippen molar-refractivity contribution in [2.75, 3.05) is 24.6 Å². The van der Waals surface area contributed by atoms with E-state index in [4.69, 9.17) is 14.2 Å². The molecule has 3 rings (SSSR count). The molecule has 0 spiro atoms. The lowest BCUT2D eigenvalue weighted by Crippen LogP contribution is -2.39. The summed E-state index contributed by atoms with van der Waals surface area (Å²) in [6, 6.07) is 19.4. The van der Waals surface area contributed by atoms with E-state index in [0.717, 1.165) is 9.87 Å². The molecule has 0 aliphatic carbocycles. The average molecular weight is 568 g/mol. The number of ether oxygens (including phenoxy) is 3. The highest BCUT2D eigenvalue weighted by Gasteiger charge is 2.27. The molecule has 0 aliphatic rings. The van der Waals surface area contributed by atoms with Gasteiger partial charge in [0.25, 0.3) is 15.9 Å². The second-order valence-corrected chi connectivity index (χ2v) is 11.6. The van der Waals surface area contributed by atoms with Crippen molar-refractivity contribution in [3.05, 3.63) is 83.9 Å². The minimum atomic E-state index is -4.07. The van der Waals surface area contributed by atoms with Crippen LogP contribution in [0.2, 0.25) is 0 Å². The summed E-state index contributed by atoms with van der Waals surface area (Å²) in [5.74, 6) is -0.138. The van der Waals surface area contributed by atoms with E-state index in [0.29, 0.717) is 22.7 Å². The van der Waals surface area contributed by atoms with Crippen LogP contribution in [0.5, 0.6) is 11.5 Å². The molecular formula is C29H33N3O7S. The van der Waals surface area contributed by atoms with Gasteiger partial charge in [-0.1, -0.05) is 17.7 Å². The molecule has 0 saturated heterocycles. The van der Waals surface area contributed by atoms with Crippen molar-refractivity contribution in [2.45, 2.75) is 38.2 Å². The number of carbonyl (C=O) groups excluding carboxylic acids is 2. The van der Waals surface area contributed by atoms with Gasteiger partial charge in [-0.2, -0.15) is 5.10 Å². The highest BCUT2D eigenvalue weighted by Crippen LogP contribution is 2.25. The van der Waals surface area contributed by atoms with Crippen molar-refractivity contribution < 1.29 is 32.2 Å². The molecule has 0 saturated carbocycles. The SMILES string of the molecule is COc1ccc(S(=O)(=O)N(CC(=O)N/N=C/c2ccc(OCC(=O)OC(C)(C)C)cc2)c2ccc(C)cc2)cc1. The summed E-state index contributed by atoms with van der Waals surface area (Å²) in [6.07, 6.45) is 1.41. The van der Waals surface area contributed by atoms with Gasteiger partial charge in [0.05, 0.1) is 23.9 Å². The van der Waals surface area contributed by atoms with Crippen LogP contribution in [0.4, 0.5) is 5.69 Å². The Morgan fingerprint density at radius 1 is 0.925 bits per heavy atom. The van der Waals surface area contributed by atoms with E-state index in [1.165, 1.54) is 25.5 Å². The minimum absolute atomic E-state index is 0.0131. The van der Waals surface area contributed by atoms with Gasteiger partial charge in [-0.05, 0) is 93.9 Å². The Morgan fingerprint density at radius 3 is 2.10 bits per heavy atom. The third-order valence-corrected chi connectivity index (χ3v) is 7.10. The number of carbonyl (C=O) groups is 2. The smallest absolute Gasteiger partial charge is 0.344 e. The molecule has 0 fully saturated rings. The van der Waals surface area contributed by atoms with E-state index >= 15 is 0 Å². The predicted molar refractivity (Wildman–Crippen MR) is 152 cm³/mol. The summed E-state index contributed by atoms with van der Waals surface area (Å²) in [7, 11) is -2.58. The van der Waals surface area contributed by atoms with E-state index in [9.17, 15) is 18.0 Å². The summed E-state index contributed by atoms with van der Waals surface area (Å²) in [5, 5.41) is 3.95. The first-order chi connectivity index (χ1) is 18.9. The fourth-order valence-electron chi connectivity index (χ4n) is 3.41. The Hall–Kier alpha value is -4.38. The molecule has 0 bridgehead atoms. The maximum Gasteiger partial charge on any atom is 0.344 e. The monoisotopic (exact) mass is 567 g/mol. The maximum absolute atomic E-state index is 13.5. The summed E-state index contributed by atoms with van der Waals surface area (Å²) in [4.78, 5) is 24.6. The second kappa shape index (κ2) is 13.1. The third-order valence-electron chi connectivity index (χ3n) is 5.32. The van der Waals surface area contributed by atoms with Crippen molar-refractivity contribution in [1.29, 1.82) is 0 Å². The van der Waals surface area contributed by atoms with Gasteiger partial charge in [-0.3, -0.25) is 9.10 Å². The maximum atomic E-state index is 13.5. The fourth-order valence-corrected chi connectivity index (χ4v) is 4.83. The Balaban J connectivity index is 1.65. The Bertz CT molecular complexity index is 1430. The number of hydrazone groups is 1. The van der Waals surface area contributed by atoms with Gasteiger partial charge in [0, 0.05) is 0 Å². The molecule has 0 heterocycles. The van der Waals surface area contributed by atoms with Crippen molar-refractivity contribution in [2.24, 2.45) is 5.10 Å². The molecule has 0 atom stereocenters. The number of hydrogen-bond donors (Lipinski definition) is 1. The molecule has 1 amide bonds. The molecule has 40 heavy (non-hydrogen) atoms. The molecule has 1 N–H and O–H groups in total. The lowest BCUT2D eigenvalue weighted by molar-refractivity contribution is -0.157.